The van der Waals surface area contributed by atoms with Crippen LogP contribution in [0.15, 0.2) is 0 Å². The Kier molecular flexibility index (Phi) is 3.91. The van der Waals surface area contributed by atoms with Crippen LogP contribution in [0.4, 0.5) is 0 Å². The molecule has 5 heteroatoms. The molecule has 3 atom stereocenters. The zero-order chi connectivity index (χ0) is 11.6. The van der Waals surface area contributed by atoms with Crippen LogP contribution in [0, 0.1) is 0 Å². The van der Waals surface area contributed by atoms with Gasteiger partial charge in [0.1, 0.15) is 6.10 Å². The number of esters is 1. The number of aliphatic hydroxyl groups excluding tert-OH is 1. The number of ether oxygens (including phenoxy) is 2. The molecule has 0 spiro atoms. The Morgan fingerprint density at radius 1 is 1.53 bits per heavy atom. The van der Waals surface area contributed by atoms with E-state index >= 15 is 0 Å². The fourth-order valence-electron chi connectivity index (χ4n) is 1.62. The third kappa shape index (κ3) is 3.59. The van der Waals surface area contributed by atoms with Gasteiger partial charge < -0.3 is 14.6 Å². The molecule has 1 heterocycles. The predicted molar refractivity (Wildman–Crippen MR) is 59.3 cm³/mol. The molecule has 0 bridgehead atoms. The molecule has 0 aromatic carbocycles. The maximum Gasteiger partial charge on any atom is 0.308 e. The summed E-state index contributed by atoms with van der Waals surface area (Å²) in [4.78, 5) is 11.1. The van der Waals surface area contributed by atoms with Gasteiger partial charge in [-0.15, -0.1) is 0 Å². The van der Waals surface area contributed by atoms with Gasteiger partial charge in [-0.25, -0.2) is 0 Å². The molecule has 0 aromatic heterocycles. The third-order valence-corrected chi connectivity index (χ3v) is 4.61. The lowest BCUT2D eigenvalue weighted by atomic mass is 10.2. The van der Waals surface area contributed by atoms with Crippen molar-refractivity contribution in [3.8, 4) is 0 Å². The fraction of sp³-hybridized carbons (Fsp3) is 0.900. The van der Waals surface area contributed by atoms with Crippen molar-refractivity contribution in [1.82, 2.24) is 0 Å². The average Bonchev–Trinajstić information content (AvgIpc) is 2.80. The average molecular weight is 232 g/mol. The number of hydrogen-bond donors (Lipinski definition) is 1. The van der Waals surface area contributed by atoms with Crippen molar-refractivity contribution in [2.24, 2.45) is 0 Å². The predicted octanol–water partition coefficient (Wildman–Crippen LogP) is 0.945. The van der Waals surface area contributed by atoms with Crippen LogP contribution in [0.25, 0.3) is 0 Å². The molecule has 1 aliphatic heterocycles. The SMILES string of the molecule is CCOC(=O)C[C@H](O)[C@@H]1O[C@H]1[Si](C)(C)C. The molecule has 15 heavy (non-hydrogen) atoms. The van der Waals surface area contributed by atoms with Crippen LogP contribution in [-0.4, -0.2) is 43.7 Å². The van der Waals surface area contributed by atoms with Gasteiger partial charge in [0.05, 0.1) is 32.9 Å². The van der Waals surface area contributed by atoms with E-state index in [1.54, 1.807) is 6.92 Å². The lowest BCUT2D eigenvalue weighted by Gasteiger charge is -2.13. The number of epoxide rings is 1. The molecule has 0 unspecified atom stereocenters. The van der Waals surface area contributed by atoms with E-state index < -0.39 is 14.2 Å². The standard InChI is InChI=1S/C10H20O4Si/c1-5-13-8(12)6-7(11)9-10(14-9)15(2,3)4/h7,9-11H,5-6H2,1-4H3/t7-,9-,10-/m0/s1. The molecule has 1 N–H and O–H groups in total. The van der Waals surface area contributed by atoms with Gasteiger partial charge in [0.15, 0.2) is 0 Å². The highest BCUT2D eigenvalue weighted by molar-refractivity contribution is 6.78. The molecule has 1 rings (SSSR count). The maximum absolute atomic E-state index is 11.1. The van der Waals surface area contributed by atoms with Crippen molar-refractivity contribution in [2.45, 2.75) is 50.9 Å². The minimum atomic E-state index is -1.35. The summed E-state index contributed by atoms with van der Waals surface area (Å²) in [6.07, 6.45) is -0.818. The van der Waals surface area contributed by atoms with Crippen LogP contribution in [0.5, 0.6) is 0 Å². The number of hydrogen-bond acceptors (Lipinski definition) is 4. The first-order valence-corrected chi connectivity index (χ1v) is 8.93. The quantitative estimate of drug-likeness (QED) is 0.435. The van der Waals surface area contributed by atoms with Gasteiger partial charge in [-0.1, -0.05) is 19.6 Å². The van der Waals surface area contributed by atoms with E-state index in [0.717, 1.165) is 0 Å². The van der Waals surface area contributed by atoms with Gasteiger partial charge in [-0.2, -0.15) is 0 Å². The fourth-order valence-corrected chi connectivity index (χ4v) is 3.39. The molecule has 4 nitrogen and oxygen atoms in total. The highest BCUT2D eigenvalue weighted by atomic mass is 28.3. The molecule has 0 radical (unpaired) electrons. The van der Waals surface area contributed by atoms with Gasteiger partial charge in [0.2, 0.25) is 0 Å². The highest BCUT2D eigenvalue weighted by Crippen LogP contribution is 2.34. The summed E-state index contributed by atoms with van der Waals surface area (Å²) in [6.45, 7) is 8.68. The smallest absolute Gasteiger partial charge is 0.308 e. The van der Waals surface area contributed by atoms with Gasteiger partial charge in [0, 0.05) is 0 Å². The van der Waals surface area contributed by atoms with E-state index in [0.29, 0.717) is 6.61 Å². The Hall–Kier alpha value is -0.393. The largest absolute Gasteiger partial charge is 0.466 e. The number of carbonyl (C=O) groups is 1. The number of aliphatic hydroxyl groups is 1. The van der Waals surface area contributed by atoms with Crippen LogP contribution >= 0.6 is 0 Å². The second kappa shape index (κ2) is 4.63. The topological polar surface area (TPSA) is 59.1 Å². The summed E-state index contributed by atoms with van der Waals surface area (Å²) < 4.78 is 10.2. The Morgan fingerprint density at radius 3 is 2.53 bits per heavy atom. The molecule has 0 aliphatic carbocycles. The zero-order valence-electron chi connectivity index (χ0n) is 9.82. The van der Waals surface area contributed by atoms with E-state index in [1.807, 2.05) is 0 Å². The number of carbonyl (C=O) groups excluding carboxylic acids is 1. The van der Waals surface area contributed by atoms with Gasteiger partial charge in [-0.3, -0.25) is 4.79 Å². The van der Waals surface area contributed by atoms with E-state index in [4.69, 9.17) is 9.47 Å². The first kappa shape index (κ1) is 12.7. The monoisotopic (exact) mass is 232 g/mol. The van der Waals surface area contributed by atoms with Gasteiger partial charge in [0.25, 0.3) is 0 Å². The first-order valence-electron chi connectivity index (χ1n) is 5.35. The Labute approximate surface area is 91.6 Å². The molecule has 0 amide bonds. The normalized spacial score (nSPS) is 27.3. The molecule has 0 aromatic rings. The maximum atomic E-state index is 11.1. The summed E-state index contributed by atoms with van der Waals surface area (Å²) in [5.41, 5.74) is 0.182. The second-order valence-electron chi connectivity index (χ2n) is 4.96. The van der Waals surface area contributed by atoms with Crippen LogP contribution < -0.4 is 0 Å². The van der Waals surface area contributed by atoms with Gasteiger partial charge >= 0.3 is 5.97 Å². The Balaban J connectivity index is 2.32. The van der Waals surface area contributed by atoms with E-state index in [9.17, 15) is 9.90 Å². The molecule has 1 fully saturated rings. The second-order valence-corrected chi connectivity index (χ2v) is 10.3. The number of rotatable bonds is 5. The molecule has 88 valence electrons. The molecule has 0 saturated carbocycles. The highest BCUT2D eigenvalue weighted by Gasteiger charge is 2.52. The van der Waals surface area contributed by atoms with Crippen LogP contribution in [0.1, 0.15) is 13.3 Å². The minimum absolute atomic E-state index is 0.0412. The van der Waals surface area contributed by atoms with Crippen molar-refractivity contribution in [3.05, 3.63) is 0 Å². The Morgan fingerprint density at radius 2 is 2.13 bits per heavy atom. The molecular formula is C10H20O4Si. The Bertz CT molecular complexity index is 236. The lowest BCUT2D eigenvalue weighted by molar-refractivity contribution is -0.145. The van der Waals surface area contributed by atoms with E-state index in [2.05, 4.69) is 19.6 Å². The van der Waals surface area contributed by atoms with Crippen molar-refractivity contribution in [1.29, 1.82) is 0 Å². The van der Waals surface area contributed by atoms with Crippen molar-refractivity contribution in [2.75, 3.05) is 6.61 Å². The van der Waals surface area contributed by atoms with Gasteiger partial charge in [-0.05, 0) is 6.92 Å². The first-order chi connectivity index (χ1) is 6.86. The molecular weight excluding hydrogens is 212 g/mol. The summed E-state index contributed by atoms with van der Waals surface area (Å²) in [5, 5.41) is 9.72. The summed E-state index contributed by atoms with van der Waals surface area (Å²) in [6, 6.07) is 0. The third-order valence-electron chi connectivity index (χ3n) is 2.44. The lowest BCUT2D eigenvalue weighted by Crippen LogP contribution is -2.34. The van der Waals surface area contributed by atoms with E-state index in [-0.39, 0.29) is 24.2 Å². The summed E-state index contributed by atoms with van der Waals surface area (Å²) >= 11 is 0. The van der Waals surface area contributed by atoms with Crippen molar-refractivity contribution in [3.63, 3.8) is 0 Å². The van der Waals surface area contributed by atoms with Crippen LogP contribution in [0.2, 0.25) is 19.6 Å². The van der Waals surface area contributed by atoms with Crippen LogP contribution in [0.3, 0.4) is 0 Å². The minimum Gasteiger partial charge on any atom is -0.466 e. The van der Waals surface area contributed by atoms with Crippen molar-refractivity contribution < 1.29 is 19.4 Å². The zero-order valence-corrected chi connectivity index (χ0v) is 10.8. The van der Waals surface area contributed by atoms with Crippen LogP contribution in [-0.2, 0) is 14.3 Å². The van der Waals surface area contributed by atoms with Crippen molar-refractivity contribution >= 4 is 14.0 Å². The summed E-state index contributed by atoms with van der Waals surface area (Å²) in [7, 11) is -1.35. The summed E-state index contributed by atoms with van der Waals surface area (Å²) in [5.74, 6) is -0.352. The molecule has 1 aliphatic rings. The van der Waals surface area contributed by atoms with E-state index in [1.165, 1.54) is 0 Å². The molecule has 1 saturated heterocycles.